The number of aliphatic imine (C=N–C) groups is 1. The highest BCUT2D eigenvalue weighted by molar-refractivity contribution is 5.84. The third kappa shape index (κ3) is 4.09. The second kappa shape index (κ2) is 7.61. The number of aromatic hydroxyl groups is 1. The lowest BCUT2D eigenvalue weighted by molar-refractivity contribution is -0.890. The molecular weight excluding hydrogens is 276 g/mol. The number of rotatable bonds is 6. The molecule has 0 unspecified atom stereocenters. The summed E-state index contributed by atoms with van der Waals surface area (Å²) in [6.07, 6.45) is 1.71. The van der Waals surface area contributed by atoms with Crippen molar-refractivity contribution in [3.63, 3.8) is 0 Å². The van der Waals surface area contributed by atoms with E-state index < -0.39 is 0 Å². The molecule has 2 aromatic carbocycles. The van der Waals surface area contributed by atoms with Crippen molar-refractivity contribution in [3.05, 3.63) is 59.7 Å². The first-order valence-corrected chi connectivity index (χ1v) is 7.33. The number of phenolic OH excluding ortho intramolecular Hbond substituents is 1. The molecule has 0 heterocycles. The minimum Gasteiger partial charge on any atom is -0.507 e. The molecular formula is C18H23N2O2+. The number of hydrogen-bond donors (Lipinski definition) is 2. The van der Waals surface area contributed by atoms with Crippen LogP contribution in [-0.2, 0) is 0 Å². The van der Waals surface area contributed by atoms with Crippen molar-refractivity contribution < 1.29 is 14.7 Å². The molecule has 116 valence electrons. The fourth-order valence-electron chi connectivity index (χ4n) is 2.33. The van der Waals surface area contributed by atoms with Crippen LogP contribution in [-0.4, -0.2) is 39.1 Å². The van der Waals surface area contributed by atoms with Gasteiger partial charge in [-0.25, -0.2) is 0 Å². The van der Waals surface area contributed by atoms with Crippen molar-refractivity contribution in [1.82, 2.24) is 0 Å². The van der Waals surface area contributed by atoms with Gasteiger partial charge in [-0.3, -0.25) is 4.99 Å². The smallest absolute Gasteiger partial charge is 0.132 e. The minimum atomic E-state index is 0.206. The third-order valence-electron chi connectivity index (χ3n) is 3.65. The first-order chi connectivity index (χ1) is 10.6. The largest absolute Gasteiger partial charge is 0.507 e. The lowest BCUT2D eigenvalue weighted by Crippen LogP contribution is -3.06. The minimum absolute atomic E-state index is 0.206. The van der Waals surface area contributed by atoms with Gasteiger partial charge >= 0.3 is 0 Å². The predicted octanol–water partition coefficient (Wildman–Crippen LogP) is 1.71. The molecule has 4 nitrogen and oxygen atoms in total. The summed E-state index contributed by atoms with van der Waals surface area (Å²) in [6.45, 7) is 0.656. The molecule has 0 aliphatic rings. The summed E-state index contributed by atoms with van der Waals surface area (Å²) in [4.78, 5) is 5.83. The van der Waals surface area contributed by atoms with Crippen LogP contribution in [0.15, 0.2) is 53.5 Å². The molecule has 0 spiro atoms. The van der Waals surface area contributed by atoms with Gasteiger partial charge < -0.3 is 14.7 Å². The van der Waals surface area contributed by atoms with E-state index in [4.69, 9.17) is 4.74 Å². The fraction of sp³-hybridized carbons (Fsp3) is 0.278. The maximum absolute atomic E-state index is 9.87. The maximum Gasteiger partial charge on any atom is 0.132 e. The molecule has 0 saturated heterocycles. The third-order valence-corrected chi connectivity index (χ3v) is 3.65. The lowest BCUT2D eigenvalue weighted by Gasteiger charge is -2.19. The number of quaternary nitrogens is 1. The van der Waals surface area contributed by atoms with Crippen LogP contribution in [0.2, 0.25) is 0 Å². The molecule has 2 N–H and O–H groups in total. The van der Waals surface area contributed by atoms with Crippen molar-refractivity contribution in [2.75, 3.05) is 27.7 Å². The van der Waals surface area contributed by atoms with Crippen LogP contribution in [0.25, 0.3) is 0 Å². The number of nitrogens with one attached hydrogen (secondary N) is 1. The van der Waals surface area contributed by atoms with Gasteiger partial charge in [0.2, 0.25) is 0 Å². The fourth-order valence-corrected chi connectivity index (χ4v) is 2.33. The van der Waals surface area contributed by atoms with E-state index >= 15 is 0 Å². The van der Waals surface area contributed by atoms with Gasteiger partial charge in [-0.2, -0.15) is 0 Å². The van der Waals surface area contributed by atoms with E-state index in [1.54, 1.807) is 31.5 Å². The molecule has 0 aliphatic heterocycles. The van der Waals surface area contributed by atoms with E-state index in [2.05, 4.69) is 31.2 Å². The molecule has 0 bridgehead atoms. The molecule has 0 aliphatic carbocycles. The van der Waals surface area contributed by atoms with Gasteiger partial charge in [0.25, 0.3) is 0 Å². The SMILES string of the molecule is COc1ccc(O)c(C=NC[C@@H](c2ccccc2)[NH+](C)C)c1. The number of benzene rings is 2. The molecule has 0 amide bonds. The second-order valence-corrected chi connectivity index (χ2v) is 5.46. The van der Waals surface area contributed by atoms with Crippen molar-refractivity contribution in [1.29, 1.82) is 0 Å². The Morgan fingerprint density at radius 3 is 2.55 bits per heavy atom. The van der Waals surface area contributed by atoms with Gasteiger partial charge in [0.15, 0.2) is 0 Å². The number of ether oxygens (including phenoxy) is 1. The van der Waals surface area contributed by atoms with Gasteiger partial charge in [0, 0.05) is 17.3 Å². The Bertz CT molecular complexity index is 624. The number of likely N-dealkylation sites (N-methyl/N-ethyl adjacent to an activating group) is 1. The monoisotopic (exact) mass is 299 g/mol. The summed E-state index contributed by atoms with van der Waals surface area (Å²) in [5.41, 5.74) is 1.93. The van der Waals surface area contributed by atoms with E-state index in [0.717, 1.165) is 0 Å². The molecule has 2 aromatic rings. The highest BCUT2D eigenvalue weighted by Crippen LogP contribution is 2.21. The average molecular weight is 299 g/mol. The summed E-state index contributed by atoms with van der Waals surface area (Å²) < 4.78 is 5.17. The second-order valence-electron chi connectivity index (χ2n) is 5.46. The summed E-state index contributed by atoms with van der Waals surface area (Å²) in [5.74, 6) is 0.912. The summed E-state index contributed by atoms with van der Waals surface area (Å²) in [5, 5.41) is 9.87. The van der Waals surface area contributed by atoms with E-state index in [-0.39, 0.29) is 11.8 Å². The van der Waals surface area contributed by atoms with E-state index in [0.29, 0.717) is 17.9 Å². The molecule has 4 heteroatoms. The molecule has 0 saturated carbocycles. The highest BCUT2D eigenvalue weighted by atomic mass is 16.5. The van der Waals surface area contributed by atoms with Crippen molar-refractivity contribution in [3.8, 4) is 11.5 Å². The Morgan fingerprint density at radius 1 is 1.18 bits per heavy atom. The van der Waals surface area contributed by atoms with Crippen molar-refractivity contribution in [2.45, 2.75) is 6.04 Å². The molecule has 0 fully saturated rings. The molecule has 22 heavy (non-hydrogen) atoms. The quantitative estimate of drug-likeness (QED) is 0.798. The Kier molecular flexibility index (Phi) is 5.55. The van der Waals surface area contributed by atoms with Crippen LogP contribution >= 0.6 is 0 Å². The van der Waals surface area contributed by atoms with Gasteiger partial charge in [0.05, 0.1) is 27.7 Å². The number of nitrogens with zero attached hydrogens (tertiary/aromatic N) is 1. The maximum atomic E-state index is 9.87. The number of hydrogen-bond acceptors (Lipinski definition) is 3. The molecule has 0 radical (unpaired) electrons. The van der Waals surface area contributed by atoms with Crippen LogP contribution < -0.4 is 9.64 Å². The van der Waals surface area contributed by atoms with Crippen LogP contribution in [0.4, 0.5) is 0 Å². The van der Waals surface area contributed by atoms with Crippen LogP contribution in [0, 0.1) is 0 Å². The first kappa shape index (κ1) is 16.0. The Balaban J connectivity index is 2.13. The zero-order valence-corrected chi connectivity index (χ0v) is 13.3. The van der Waals surface area contributed by atoms with Gasteiger partial charge in [-0.15, -0.1) is 0 Å². The standard InChI is InChI=1S/C18H22N2O2/c1-20(2)17(14-7-5-4-6-8-14)13-19-12-15-11-16(22-3)9-10-18(15)21/h4-12,17,21H,13H2,1-3H3/p+1/t17-/m0/s1. The molecule has 1 atom stereocenters. The average Bonchev–Trinajstić information content (AvgIpc) is 2.53. The molecule has 0 aromatic heterocycles. The van der Waals surface area contributed by atoms with E-state index in [9.17, 15) is 5.11 Å². The Morgan fingerprint density at radius 2 is 1.91 bits per heavy atom. The first-order valence-electron chi connectivity index (χ1n) is 7.33. The lowest BCUT2D eigenvalue weighted by atomic mass is 10.1. The summed E-state index contributed by atoms with van der Waals surface area (Å²) in [7, 11) is 5.85. The van der Waals surface area contributed by atoms with Gasteiger partial charge in [-0.05, 0) is 18.2 Å². The Labute approximate surface area is 131 Å². The van der Waals surface area contributed by atoms with Crippen LogP contribution in [0.5, 0.6) is 11.5 Å². The Hall–Kier alpha value is -2.33. The summed E-state index contributed by atoms with van der Waals surface area (Å²) >= 11 is 0. The van der Waals surface area contributed by atoms with Crippen molar-refractivity contribution in [2.24, 2.45) is 4.99 Å². The van der Waals surface area contributed by atoms with Crippen molar-refractivity contribution >= 4 is 6.21 Å². The van der Waals surface area contributed by atoms with Crippen LogP contribution in [0.3, 0.4) is 0 Å². The van der Waals surface area contributed by atoms with Gasteiger partial charge in [0.1, 0.15) is 17.5 Å². The zero-order valence-electron chi connectivity index (χ0n) is 13.3. The summed E-state index contributed by atoms with van der Waals surface area (Å²) in [6, 6.07) is 15.8. The van der Waals surface area contributed by atoms with Crippen LogP contribution in [0.1, 0.15) is 17.2 Å². The number of methoxy groups -OCH3 is 1. The normalized spacial score (nSPS) is 12.7. The number of phenols is 1. The molecule has 2 rings (SSSR count). The highest BCUT2D eigenvalue weighted by Gasteiger charge is 2.16. The van der Waals surface area contributed by atoms with E-state index in [1.165, 1.54) is 10.5 Å². The van der Waals surface area contributed by atoms with E-state index in [1.807, 2.05) is 18.2 Å². The predicted molar refractivity (Wildman–Crippen MR) is 89.1 cm³/mol. The topological polar surface area (TPSA) is 46.3 Å². The zero-order chi connectivity index (χ0) is 15.9. The van der Waals surface area contributed by atoms with Gasteiger partial charge in [-0.1, -0.05) is 30.3 Å².